The monoisotopic (exact) mass is 328 g/mol. The van der Waals surface area contributed by atoms with Crippen LogP contribution in [0.1, 0.15) is 12.5 Å². The Morgan fingerprint density at radius 3 is 2.62 bits per heavy atom. The first kappa shape index (κ1) is 15.8. The fourth-order valence-electron chi connectivity index (χ4n) is 2.29. The Labute approximate surface area is 136 Å². The minimum atomic E-state index is -0.546. The topological polar surface area (TPSA) is 94.4 Å². The van der Waals surface area contributed by atoms with Gasteiger partial charge in [0.05, 0.1) is 0 Å². The fourth-order valence-corrected chi connectivity index (χ4v) is 2.29. The van der Waals surface area contributed by atoms with E-state index in [-0.39, 0.29) is 30.3 Å². The number of fused-ring (bicyclic) bond motifs is 1. The molecular weight excluding hydrogens is 312 g/mol. The van der Waals surface area contributed by atoms with Gasteiger partial charge in [0.2, 0.25) is 5.71 Å². The minimum absolute atomic E-state index is 0.0134. The molecule has 1 aromatic carbocycles. The highest BCUT2D eigenvalue weighted by Gasteiger charge is 2.12. The molecule has 3 rings (SSSR count). The predicted molar refractivity (Wildman–Crippen MR) is 87.7 cm³/mol. The highest BCUT2D eigenvalue weighted by molar-refractivity contribution is 5.75. The average Bonchev–Trinajstić information content (AvgIpc) is 2.58. The first-order valence-corrected chi connectivity index (χ1v) is 7.55. The van der Waals surface area contributed by atoms with Crippen molar-refractivity contribution in [2.24, 2.45) is 0 Å². The highest BCUT2D eigenvalue weighted by Crippen LogP contribution is 2.13. The zero-order valence-electron chi connectivity index (χ0n) is 13.1. The Kier molecular flexibility index (Phi) is 4.60. The van der Waals surface area contributed by atoms with E-state index >= 15 is 0 Å². The SMILES string of the molecule is CCc1cc(=O)oc2nc(OCCOc3ccccc3)[nH]c(=O)c12. The molecule has 7 nitrogen and oxygen atoms in total. The lowest BCUT2D eigenvalue weighted by molar-refractivity contribution is 0.205. The van der Waals surface area contributed by atoms with Crippen LogP contribution in [0.15, 0.2) is 50.4 Å². The third kappa shape index (κ3) is 3.45. The number of hydrogen-bond donors (Lipinski definition) is 1. The van der Waals surface area contributed by atoms with Crippen molar-refractivity contribution < 1.29 is 13.9 Å². The summed E-state index contributed by atoms with van der Waals surface area (Å²) in [6.45, 7) is 2.31. The van der Waals surface area contributed by atoms with Gasteiger partial charge in [-0.05, 0) is 24.1 Å². The Hall–Kier alpha value is -3.09. The van der Waals surface area contributed by atoms with Crippen LogP contribution in [0.3, 0.4) is 0 Å². The van der Waals surface area contributed by atoms with Crippen molar-refractivity contribution in [1.29, 1.82) is 0 Å². The van der Waals surface area contributed by atoms with Gasteiger partial charge in [0.15, 0.2) is 0 Å². The van der Waals surface area contributed by atoms with E-state index in [0.29, 0.717) is 12.0 Å². The number of para-hydroxylation sites is 1. The molecule has 0 saturated heterocycles. The molecule has 0 unspecified atom stereocenters. The largest absolute Gasteiger partial charge is 0.490 e. The number of benzene rings is 1. The van der Waals surface area contributed by atoms with Crippen LogP contribution in [0.5, 0.6) is 11.8 Å². The van der Waals surface area contributed by atoms with Gasteiger partial charge in [0.25, 0.3) is 11.6 Å². The molecule has 0 atom stereocenters. The maximum atomic E-state index is 12.2. The molecule has 0 aliphatic heterocycles. The molecular formula is C17H16N2O5. The normalized spacial score (nSPS) is 10.7. The number of nitrogens with zero attached hydrogens (tertiary/aromatic N) is 1. The van der Waals surface area contributed by atoms with Gasteiger partial charge >= 0.3 is 5.63 Å². The van der Waals surface area contributed by atoms with E-state index in [1.54, 1.807) is 0 Å². The maximum absolute atomic E-state index is 12.2. The minimum Gasteiger partial charge on any atom is -0.490 e. The van der Waals surface area contributed by atoms with E-state index in [0.717, 1.165) is 5.75 Å². The lowest BCUT2D eigenvalue weighted by Crippen LogP contribution is -2.17. The Morgan fingerprint density at radius 1 is 1.12 bits per heavy atom. The van der Waals surface area contributed by atoms with Crippen LogP contribution in [0, 0.1) is 0 Å². The van der Waals surface area contributed by atoms with Gasteiger partial charge in [-0.3, -0.25) is 9.78 Å². The molecule has 0 radical (unpaired) electrons. The van der Waals surface area contributed by atoms with Gasteiger partial charge in [-0.1, -0.05) is 25.1 Å². The van der Waals surface area contributed by atoms with Crippen LogP contribution in [0.25, 0.3) is 11.1 Å². The second-order valence-electron chi connectivity index (χ2n) is 5.01. The Balaban J connectivity index is 1.74. The molecule has 2 aromatic heterocycles. The van der Waals surface area contributed by atoms with E-state index in [9.17, 15) is 9.59 Å². The number of ether oxygens (including phenoxy) is 2. The first-order valence-electron chi connectivity index (χ1n) is 7.55. The molecule has 2 heterocycles. The summed E-state index contributed by atoms with van der Waals surface area (Å²) in [5, 5.41) is 0.269. The van der Waals surface area contributed by atoms with Gasteiger partial charge in [0.1, 0.15) is 24.3 Å². The smallest absolute Gasteiger partial charge is 0.337 e. The zero-order chi connectivity index (χ0) is 16.9. The summed E-state index contributed by atoms with van der Waals surface area (Å²) in [4.78, 5) is 30.3. The lowest BCUT2D eigenvalue weighted by atomic mass is 10.1. The molecule has 3 aromatic rings. The molecule has 124 valence electrons. The van der Waals surface area contributed by atoms with Crippen molar-refractivity contribution in [3.63, 3.8) is 0 Å². The van der Waals surface area contributed by atoms with Crippen molar-refractivity contribution in [3.8, 4) is 11.8 Å². The molecule has 0 bridgehead atoms. The van der Waals surface area contributed by atoms with Crippen molar-refractivity contribution in [3.05, 3.63) is 62.7 Å². The number of aryl methyl sites for hydroxylation is 1. The Bertz CT molecular complexity index is 947. The molecule has 0 fully saturated rings. The van der Waals surface area contributed by atoms with Crippen LogP contribution < -0.4 is 20.7 Å². The molecule has 0 aliphatic carbocycles. The van der Waals surface area contributed by atoms with Crippen LogP contribution in [0.2, 0.25) is 0 Å². The van der Waals surface area contributed by atoms with Crippen molar-refractivity contribution in [2.45, 2.75) is 13.3 Å². The number of aromatic amines is 1. The average molecular weight is 328 g/mol. The highest BCUT2D eigenvalue weighted by atomic mass is 16.5. The number of H-pyrrole nitrogens is 1. The van der Waals surface area contributed by atoms with E-state index < -0.39 is 11.2 Å². The third-order valence-electron chi connectivity index (χ3n) is 3.39. The van der Waals surface area contributed by atoms with Gasteiger partial charge in [-0.2, -0.15) is 4.98 Å². The predicted octanol–water partition coefficient (Wildman–Crippen LogP) is 1.90. The first-order chi connectivity index (χ1) is 11.7. The van der Waals surface area contributed by atoms with Crippen LogP contribution in [-0.4, -0.2) is 23.2 Å². The number of aromatic nitrogens is 2. The second kappa shape index (κ2) is 6.99. The van der Waals surface area contributed by atoms with E-state index in [1.807, 2.05) is 37.3 Å². The summed E-state index contributed by atoms with van der Waals surface area (Å²) >= 11 is 0. The van der Waals surface area contributed by atoms with Crippen LogP contribution in [-0.2, 0) is 6.42 Å². The van der Waals surface area contributed by atoms with Gasteiger partial charge in [0, 0.05) is 6.07 Å². The van der Waals surface area contributed by atoms with Gasteiger partial charge in [-0.15, -0.1) is 0 Å². The molecule has 0 aliphatic rings. The second-order valence-corrected chi connectivity index (χ2v) is 5.01. The summed E-state index contributed by atoms with van der Waals surface area (Å²) < 4.78 is 15.9. The van der Waals surface area contributed by atoms with Crippen LogP contribution >= 0.6 is 0 Å². The molecule has 0 amide bonds. The zero-order valence-corrected chi connectivity index (χ0v) is 13.1. The van der Waals surface area contributed by atoms with Crippen molar-refractivity contribution >= 4 is 11.1 Å². The maximum Gasteiger partial charge on any atom is 0.337 e. The quantitative estimate of drug-likeness (QED) is 0.695. The van der Waals surface area contributed by atoms with E-state index in [2.05, 4.69) is 9.97 Å². The van der Waals surface area contributed by atoms with E-state index in [4.69, 9.17) is 13.9 Å². The molecule has 24 heavy (non-hydrogen) atoms. The summed E-state index contributed by atoms with van der Waals surface area (Å²) in [6, 6.07) is 10.6. The fraction of sp³-hybridized carbons (Fsp3) is 0.235. The summed E-state index contributed by atoms with van der Waals surface area (Å²) in [7, 11) is 0. The number of hydrogen-bond acceptors (Lipinski definition) is 6. The third-order valence-corrected chi connectivity index (χ3v) is 3.39. The molecule has 0 spiro atoms. The summed E-state index contributed by atoms with van der Waals surface area (Å²) in [6.07, 6.45) is 0.526. The number of rotatable bonds is 6. The lowest BCUT2D eigenvalue weighted by Gasteiger charge is -2.08. The number of nitrogens with one attached hydrogen (secondary N) is 1. The van der Waals surface area contributed by atoms with Gasteiger partial charge < -0.3 is 13.9 Å². The summed E-state index contributed by atoms with van der Waals surface area (Å²) in [5.41, 5.74) is -0.383. The molecule has 7 heteroatoms. The van der Waals surface area contributed by atoms with Gasteiger partial charge in [-0.25, -0.2) is 4.79 Å². The van der Waals surface area contributed by atoms with Crippen molar-refractivity contribution in [2.75, 3.05) is 13.2 Å². The molecule has 1 N–H and O–H groups in total. The molecule has 0 saturated carbocycles. The summed E-state index contributed by atoms with van der Waals surface area (Å²) in [5.74, 6) is 0.722. The van der Waals surface area contributed by atoms with E-state index in [1.165, 1.54) is 6.07 Å². The van der Waals surface area contributed by atoms with Crippen LogP contribution in [0.4, 0.5) is 0 Å². The van der Waals surface area contributed by atoms with Crippen molar-refractivity contribution in [1.82, 2.24) is 9.97 Å². The standard InChI is InChI=1S/C17H16N2O5/c1-2-11-10-13(20)24-16-14(11)15(21)18-17(19-16)23-9-8-22-12-6-4-3-5-7-12/h3-7,10H,2,8-9H2,1H3,(H,18,19,21). The Morgan fingerprint density at radius 2 is 1.88 bits per heavy atom.